The molecule has 0 aromatic carbocycles. The number of ether oxygens (including phenoxy) is 2. The van der Waals surface area contributed by atoms with Gasteiger partial charge in [-0.05, 0) is 44.4 Å². The van der Waals surface area contributed by atoms with Crippen molar-refractivity contribution < 1.29 is 19.4 Å². The van der Waals surface area contributed by atoms with Gasteiger partial charge in [0, 0.05) is 18.9 Å². The van der Waals surface area contributed by atoms with E-state index in [1.807, 2.05) is 0 Å². The summed E-state index contributed by atoms with van der Waals surface area (Å²) in [5.41, 5.74) is 0. The molecule has 0 aromatic heterocycles. The highest BCUT2D eigenvalue weighted by Gasteiger charge is 2.48. The van der Waals surface area contributed by atoms with Crippen molar-refractivity contribution in [1.82, 2.24) is 0 Å². The van der Waals surface area contributed by atoms with Crippen molar-refractivity contribution in [2.75, 3.05) is 13.2 Å². The molecule has 2 saturated heterocycles. The van der Waals surface area contributed by atoms with Gasteiger partial charge < -0.3 is 14.6 Å². The Morgan fingerprint density at radius 1 is 1.12 bits per heavy atom. The highest BCUT2D eigenvalue weighted by molar-refractivity contribution is 5.66. The second kappa shape index (κ2) is 10.9. The lowest BCUT2D eigenvalue weighted by molar-refractivity contribution is -0.137. The zero-order valence-electron chi connectivity index (χ0n) is 15.1. The molecule has 0 aromatic rings. The summed E-state index contributed by atoms with van der Waals surface area (Å²) in [5.74, 6) is 0.412. The van der Waals surface area contributed by atoms with E-state index in [4.69, 9.17) is 14.6 Å². The summed E-state index contributed by atoms with van der Waals surface area (Å²) < 4.78 is 12.1. The Kier molecular flexibility index (Phi) is 8.82. The fourth-order valence-electron chi connectivity index (χ4n) is 4.02. The molecule has 0 radical (unpaired) electrons. The molecule has 2 heterocycles. The minimum atomic E-state index is -0.707. The second-order valence-electron chi connectivity index (χ2n) is 7.25. The van der Waals surface area contributed by atoms with Gasteiger partial charge in [-0.15, -0.1) is 0 Å². The average molecular weight is 338 g/mol. The molecule has 4 heteroatoms. The van der Waals surface area contributed by atoms with Crippen molar-refractivity contribution in [3.05, 3.63) is 12.2 Å². The number of allylic oxidation sites excluding steroid dienone is 2. The number of unbranched alkanes of at least 4 members (excludes halogenated alkanes) is 4. The van der Waals surface area contributed by atoms with Crippen LogP contribution in [0, 0.1) is 11.8 Å². The summed E-state index contributed by atoms with van der Waals surface area (Å²) in [5, 5.41) is 8.64. The quantitative estimate of drug-likeness (QED) is 0.394. The Labute approximate surface area is 146 Å². The normalized spacial score (nSPS) is 28.9. The Bertz CT molecular complexity index is 393. The van der Waals surface area contributed by atoms with Crippen LogP contribution in [-0.4, -0.2) is 36.5 Å². The van der Waals surface area contributed by atoms with Crippen molar-refractivity contribution in [1.29, 1.82) is 0 Å². The van der Waals surface area contributed by atoms with E-state index < -0.39 is 5.97 Å². The van der Waals surface area contributed by atoms with Gasteiger partial charge in [0.1, 0.15) is 0 Å². The first-order chi connectivity index (χ1) is 11.7. The SMILES string of the molecule is CCCCCCOC[C@@H]1[C@@H](C/C=C\CCCC(=O)O)[C@H]2CC[C@@H]1O2. The number of carbonyl (C=O) groups is 1. The first kappa shape index (κ1) is 19.5. The molecule has 4 nitrogen and oxygen atoms in total. The molecule has 138 valence electrons. The lowest BCUT2D eigenvalue weighted by atomic mass is 9.78. The first-order valence-corrected chi connectivity index (χ1v) is 9.82. The number of fused-ring (bicyclic) bond motifs is 2. The topological polar surface area (TPSA) is 55.8 Å². The van der Waals surface area contributed by atoms with Crippen LogP contribution in [0.25, 0.3) is 0 Å². The summed E-state index contributed by atoms with van der Waals surface area (Å²) in [6, 6.07) is 0. The van der Waals surface area contributed by atoms with Crippen LogP contribution in [0.3, 0.4) is 0 Å². The lowest BCUT2D eigenvalue weighted by Gasteiger charge is -2.27. The fraction of sp³-hybridized carbons (Fsp3) is 0.850. The highest BCUT2D eigenvalue weighted by Crippen LogP contribution is 2.45. The molecule has 2 bridgehead atoms. The monoisotopic (exact) mass is 338 g/mol. The van der Waals surface area contributed by atoms with Gasteiger partial charge in [-0.1, -0.05) is 38.3 Å². The molecule has 1 N–H and O–H groups in total. The molecule has 0 amide bonds. The first-order valence-electron chi connectivity index (χ1n) is 9.82. The Morgan fingerprint density at radius 3 is 2.67 bits per heavy atom. The molecule has 4 atom stereocenters. The van der Waals surface area contributed by atoms with E-state index in [0.29, 0.717) is 24.0 Å². The van der Waals surface area contributed by atoms with Gasteiger partial charge in [-0.2, -0.15) is 0 Å². The third-order valence-corrected chi connectivity index (χ3v) is 5.38. The molecule has 2 aliphatic rings. The summed E-state index contributed by atoms with van der Waals surface area (Å²) in [6.07, 6.45) is 15.4. The van der Waals surface area contributed by atoms with E-state index in [1.54, 1.807) is 0 Å². The predicted octanol–water partition coefficient (Wildman–Crippen LogP) is 4.58. The molecular weight excluding hydrogens is 304 g/mol. The zero-order valence-corrected chi connectivity index (χ0v) is 15.1. The maximum absolute atomic E-state index is 10.5. The van der Waals surface area contributed by atoms with E-state index in [1.165, 1.54) is 38.5 Å². The number of carboxylic acid groups (broad SMARTS) is 1. The van der Waals surface area contributed by atoms with Crippen LogP contribution in [0.1, 0.15) is 71.1 Å². The van der Waals surface area contributed by atoms with Gasteiger partial charge in [0.05, 0.1) is 18.8 Å². The lowest BCUT2D eigenvalue weighted by Crippen LogP contribution is -2.30. The number of hydrogen-bond donors (Lipinski definition) is 1. The van der Waals surface area contributed by atoms with Crippen LogP contribution in [0.2, 0.25) is 0 Å². The van der Waals surface area contributed by atoms with Crippen molar-refractivity contribution in [2.24, 2.45) is 11.8 Å². The van der Waals surface area contributed by atoms with E-state index in [-0.39, 0.29) is 6.42 Å². The maximum atomic E-state index is 10.5. The Balaban J connectivity index is 1.65. The number of hydrogen-bond acceptors (Lipinski definition) is 3. The van der Waals surface area contributed by atoms with Crippen molar-refractivity contribution in [3.8, 4) is 0 Å². The molecule has 0 spiro atoms. The molecule has 0 saturated carbocycles. The fourth-order valence-corrected chi connectivity index (χ4v) is 4.02. The van der Waals surface area contributed by atoms with Crippen molar-refractivity contribution in [3.63, 3.8) is 0 Å². The van der Waals surface area contributed by atoms with Crippen LogP contribution >= 0.6 is 0 Å². The van der Waals surface area contributed by atoms with Crippen LogP contribution in [0.5, 0.6) is 0 Å². The van der Waals surface area contributed by atoms with Crippen molar-refractivity contribution >= 4 is 5.97 Å². The second-order valence-corrected chi connectivity index (χ2v) is 7.25. The number of aliphatic carboxylic acids is 1. The predicted molar refractivity (Wildman–Crippen MR) is 95.1 cm³/mol. The summed E-state index contributed by atoms with van der Waals surface area (Å²) in [7, 11) is 0. The smallest absolute Gasteiger partial charge is 0.303 e. The minimum absolute atomic E-state index is 0.260. The molecular formula is C20H34O4. The van der Waals surface area contributed by atoms with Gasteiger partial charge >= 0.3 is 5.97 Å². The maximum Gasteiger partial charge on any atom is 0.303 e. The van der Waals surface area contributed by atoms with Gasteiger partial charge in [0.25, 0.3) is 0 Å². The minimum Gasteiger partial charge on any atom is -0.481 e. The highest BCUT2D eigenvalue weighted by atomic mass is 16.5. The van der Waals surface area contributed by atoms with Crippen LogP contribution in [0.4, 0.5) is 0 Å². The van der Waals surface area contributed by atoms with E-state index >= 15 is 0 Å². The van der Waals surface area contributed by atoms with Gasteiger partial charge in [0.15, 0.2) is 0 Å². The van der Waals surface area contributed by atoms with E-state index in [0.717, 1.165) is 32.5 Å². The van der Waals surface area contributed by atoms with Crippen molar-refractivity contribution in [2.45, 2.75) is 83.3 Å². The molecule has 2 rings (SSSR count). The van der Waals surface area contributed by atoms with E-state index in [9.17, 15) is 4.79 Å². The summed E-state index contributed by atoms with van der Waals surface area (Å²) >= 11 is 0. The van der Waals surface area contributed by atoms with Gasteiger partial charge in [-0.3, -0.25) is 4.79 Å². The molecule has 2 fully saturated rings. The van der Waals surface area contributed by atoms with Gasteiger partial charge in [-0.25, -0.2) is 0 Å². The molecule has 0 unspecified atom stereocenters. The number of rotatable bonds is 13. The average Bonchev–Trinajstić information content (AvgIpc) is 3.15. The Hall–Kier alpha value is -0.870. The summed E-state index contributed by atoms with van der Waals surface area (Å²) in [6.45, 7) is 3.95. The van der Waals surface area contributed by atoms with Crippen LogP contribution < -0.4 is 0 Å². The summed E-state index contributed by atoms with van der Waals surface area (Å²) in [4.78, 5) is 10.5. The third kappa shape index (κ3) is 6.21. The third-order valence-electron chi connectivity index (χ3n) is 5.38. The molecule has 2 aliphatic heterocycles. The van der Waals surface area contributed by atoms with E-state index in [2.05, 4.69) is 19.1 Å². The molecule has 24 heavy (non-hydrogen) atoms. The van der Waals surface area contributed by atoms with Gasteiger partial charge in [0.2, 0.25) is 0 Å². The van der Waals surface area contributed by atoms with Crippen LogP contribution in [-0.2, 0) is 14.3 Å². The Morgan fingerprint density at radius 2 is 1.92 bits per heavy atom. The number of carboxylic acids is 1. The zero-order chi connectivity index (χ0) is 17.2. The van der Waals surface area contributed by atoms with Crippen LogP contribution in [0.15, 0.2) is 12.2 Å². The largest absolute Gasteiger partial charge is 0.481 e. The molecule has 0 aliphatic carbocycles. The standard InChI is InChI=1S/C20H34O4/c1-2-3-4-9-14-23-15-17-16(18-12-13-19(17)24-18)10-7-5-6-8-11-20(21)22/h5,7,16-19H,2-4,6,8-15H2,1H3,(H,21,22)/b7-5-/t16-,17-,18-,19+/m1/s1.